The number of aliphatic hydroxyl groups excluding tert-OH is 1. The smallest absolute Gasteiger partial charge is 0.0613 e. The van der Waals surface area contributed by atoms with Crippen LogP contribution in [0, 0.1) is 0 Å². The topological polar surface area (TPSA) is 38.7 Å². The molecular weight excluding hydrogens is 238 g/mol. The van der Waals surface area contributed by atoms with Crippen LogP contribution in [0.5, 0.6) is 0 Å². The van der Waals surface area contributed by atoms with Gasteiger partial charge in [-0.05, 0) is 53.8 Å². The van der Waals surface area contributed by atoms with Crippen LogP contribution < -0.4 is 5.32 Å². The largest absolute Gasteiger partial charge is 0.394 e. The fraction of sp³-hybridized carbons (Fsp3) is 1.00. The molecule has 1 fully saturated rings. The van der Waals surface area contributed by atoms with E-state index < -0.39 is 0 Å². The van der Waals surface area contributed by atoms with Crippen molar-refractivity contribution >= 4 is 0 Å². The van der Waals surface area contributed by atoms with Crippen LogP contribution in [-0.2, 0) is 0 Å². The molecule has 0 saturated carbocycles. The summed E-state index contributed by atoms with van der Waals surface area (Å²) in [5.74, 6) is 0. The molecule has 1 aliphatic rings. The fourth-order valence-electron chi connectivity index (χ4n) is 3.09. The van der Waals surface area contributed by atoms with E-state index in [1.165, 1.54) is 13.1 Å². The highest BCUT2D eigenvalue weighted by atomic mass is 16.3. The van der Waals surface area contributed by atoms with Gasteiger partial charge in [-0.1, -0.05) is 6.92 Å². The van der Waals surface area contributed by atoms with Crippen LogP contribution in [0.1, 0.15) is 40.0 Å². The third-order valence-corrected chi connectivity index (χ3v) is 5.07. The molecule has 0 aromatic heterocycles. The first kappa shape index (κ1) is 16.9. The first-order valence-electron chi connectivity index (χ1n) is 7.72. The monoisotopic (exact) mass is 271 g/mol. The number of likely N-dealkylation sites (N-methyl/N-ethyl adjacent to an activating group) is 2. The Balaban J connectivity index is 2.37. The van der Waals surface area contributed by atoms with Crippen molar-refractivity contribution < 1.29 is 5.11 Å². The number of hydrogen-bond donors (Lipinski definition) is 2. The van der Waals surface area contributed by atoms with Crippen LogP contribution in [0.4, 0.5) is 0 Å². The molecule has 0 spiro atoms. The summed E-state index contributed by atoms with van der Waals surface area (Å²) < 4.78 is 0. The molecule has 0 bridgehead atoms. The van der Waals surface area contributed by atoms with E-state index in [1.807, 2.05) is 7.05 Å². The minimum atomic E-state index is -0.0796. The molecule has 1 heterocycles. The minimum Gasteiger partial charge on any atom is -0.394 e. The van der Waals surface area contributed by atoms with E-state index >= 15 is 0 Å². The summed E-state index contributed by atoms with van der Waals surface area (Å²) in [6, 6.07) is 1.28. The van der Waals surface area contributed by atoms with Crippen molar-refractivity contribution in [3.63, 3.8) is 0 Å². The normalized spacial score (nSPS) is 29.4. The summed E-state index contributed by atoms with van der Waals surface area (Å²) in [5.41, 5.74) is -0.0796. The molecule has 114 valence electrons. The van der Waals surface area contributed by atoms with Crippen LogP contribution in [0.15, 0.2) is 0 Å². The van der Waals surface area contributed by atoms with E-state index in [9.17, 15) is 5.11 Å². The molecule has 2 N–H and O–H groups in total. The predicted octanol–water partition coefficient (Wildman–Crippen LogP) is 1.15. The number of nitrogens with zero attached hydrogens (tertiary/aromatic N) is 2. The van der Waals surface area contributed by atoms with Crippen molar-refractivity contribution in [2.75, 3.05) is 40.3 Å². The van der Waals surface area contributed by atoms with Crippen LogP contribution in [-0.4, -0.2) is 72.9 Å². The van der Waals surface area contributed by atoms with Gasteiger partial charge in [0.05, 0.1) is 6.61 Å². The van der Waals surface area contributed by atoms with Gasteiger partial charge in [-0.25, -0.2) is 0 Å². The Kier molecular flexibility index (Phi) is 6.74. The van der Waals surface area contributed by atoms with Crippen molar-refractivity contribution in [2.45, 2.75) is 57.7 Å². The molecule has 3 atom stereocenters. The van der Waals surface area contributed by atoms with Gasteiger partial charge in [0.15, 0.2) is 0 Å². The van der Waals surface area contributed by atoms with Gasteiger partial charge in [-0.3, -0.25) is 4.90 Å². The van der Waals surface area contributed by atoms with E-state index in [4.69, 9.17) is 0 Å². The number of aliphatic hydroxyl groups is 1. The predicted molar refractivity (Wildman–Crippen MR) is 81.5 cm³/mol. The van der Waals surface area contributed by atoms with Crippen LogP contribution in [0.3, 0.4) is 0 Å². The Morgan fingerprint density at radius 1 is 1.26 bits per heavy atom. The van der Waals surface area contributed by atoms with Gasteiger partial charge in [0.2, 0.25) is 0 Å². The summed E-state index contributed by atoms with van der Waals surface area (Å²) in [6.07, 6.45) is 3.18. The SMILES string of the molecule is CCC(CO)(CCCN1CC(C)N(C)C(C)C1)NC. The highest BCUT2D eigenvalue weighted by Gasteiger charge is 2.28. The molecule has 0 aromatic rings. The number of rotatable bonds is 7. The van der Waals surface area contributed by atoms with Gasteiger partial charge in [-0.15, -0.1) is 0 Å². The van der Waals surface area contributed by atoms with Gasteiger partial charge < -0.3 is 15.3 Å². The molecule has 1 rings (SSSR count). The van der Waals surface area contributed by atoms with Crippen molar-refractivity contribution in [3.05, 3.63) is 0 Å². The standard InChI is InChI=1S/C15H33N3O/c1-6-15(12-19,16-4)8-7-9-18-10-13(2)17(5)14(3)11-18/h13-14,16,19H,6-12H2,1-5H3. The average Bonchev–Trinajstić information content (AvgIpc) is 2.41. The minimum absolute atomic E-state index is 0.0796. The van der Waals surface area contributed by atoms with Crippen LogP contribution in [0.25, 0.3) is 0 Å². The summed E-state index contributed by atoms with van der Waals surface area (Å²) in [4.78, 5) is 5.04. The molecule has 4 nitrogen and oxygen atoms in total. The Bertz CT molecular complexity index is 236. The molecule has 4 heteroatoms. The van der Waals surface area contributed by atoms with Gasteiger partial charge in [-0.2, -0.15) is 0 Å². The second-order valence-electron chi connectivity index (χ2n) is 6.27. The van der Waals surface area contributed by atoms with E-state index in [-0.39, 0.29) is 12.1 Å². The third-order valence-electron chi connectivity index (χ3n) is 5.07. The second-order valence-corrected chi connectivity index (χ2v) is 6.27. The molecule has 0 aliphatic carbocycles. The zero-order valence-corrected chi connectivity index (χ0v) is 13.4. The lowest BCUT2D eigenvalue weighted by atomic mass is 9.91. The molecule has 0 radical (unpaired) electrons. The van der Waals surface area contributed by atoms with Crippen molar-refractivity contribution in [2.24, 2.45) is 0 Å². The molecular formula is C15H33N3O. The Hall–Kier alpha value is -0.160. The zero-order chi connectivity index (χ0) is 14.5. The molecule has 1 aliphatic heterocycles. The quantitative estimate of drug-likeness (QED) is 0.729. The lowest BCUT2D eigenvalue weighted by Crippen LogP contribution is -2.55. The number of piperazine rings is 1. The number of hydrogen-bond acceptors (Lipinski definition) is 4. The molecule has 19 heavy (non-hydrogen) atoms. The highest BCUT2D eigenvalue weighted by molar-refractivity contribution is 4.86. The fourth-order valence-corrected chi connectivity index (χ4v) is 3.09. The Labute approximate surface area is 119 Å². The van der Waals surface area contributed by atoms with Gasteiger partial charge in [0.1, 0.15) is 0 Å². The van der Waals surface area contributed by atoms with E-state index in [1.54, 1.807) is 0 Å². The highest BCUT2D eigenvalue weighted by Crippen LogP contribution is 2.18. The van der Waals surface area contributed by atoms with Crippen LogP contribution in [0.2, 0.25) is 0 Å². The molecule has 3 unspecified atom stereocenters. The van der Waals surface area contributed by atoms with Gasteiger partial charge in [0, 0.05) is 30.7 Å². The lowest BCUT2D eigenvalue weighted by molar-refractivity contribution is 0.0560. The molecule has 0 aromatic carbocycles. The summed E-state index contributed by atoms with van der Waals surface area (Å²) >= 11 is 0. The lowest BCUT2D eigenvalue weighted by Gasteiger charge is -2.43. The van der Waals surface area contributed by atoms with E-state index in [0.717, 1.165) is 25.8 Å². The van der Waals surface area contributed by atoms with Crippen LogP contribution >= 0.6 is 0 Å². The first-order valence-corrected chi connectivity index (χ1v) is 7.72. The second kappa shape index (κ2) is 7.58. The van der Waals surface area contributed by atoms with Crippen molar-refractivity contribution in [1.82, 2.24) is 15.1 Å². The summed E-state index contributed by atoms with van der Waals surface area (Å²) in [5, 5.41) is 12.9. The van der Waals surface area contributed by atoms with Crippen molar-refractivity contribution in [1.29, 1.82) is 0 Å². The average molecular weight is 271 g/mol. The zero-order valence-electron chi connectivity index (χ0n) is 13.4. The molecule has 1 saturated heterocycles. The Morgan fingerprint density at radius 2 is 1.84 bits per heavy atom. The van der Waals surface area contributed by atoms with Gasteiger partial charge in [0.25, 0.3) is 0 Å². The Morgan fingerprint density at radius 3 is 2.26 bits per heavy atom. The summed E-state index contributed by atoms with van der Waals surface area (Å²) in [7, 11) is 4.18. The van der Waals surface area contributed by atoms with Crippen molar-refractivity contribution in [3.8, 4) is 0 Å². The third kappa shape index (κ3) is 4.42. The first-order chi connectivity index (χ1) is 8.98. The maximum atomic E-state index is 9.55. The molecule has 0 amide bonds. The van der Waals surface area contributed by atoms with Gasteiger partial charge >= 0.3 is 0 Å². The van der Waals surface area contributed by atoms with E-state index in [0.29, 0.717) is 12.1 Å². The summed E-state index contributed by atoms with van der Waals surface area (Å²) in [6.45, 7) is 10.5. The maximum Gasteiger partial charge on any atom is 0.0613 e. The maximum absolute atomic E-state index is 9.55. The van der Waals surface area contributed by atoms with E-state index in [2.05, 4.69) is 42.9 Å². The number of nitrogens with one attached hydrogen (secondary N) is 1.